The molecule has 1 aromatic rings. The zero-order valence-electron chi connectivity index (χ0n) is 10.4. The number of carbonyl (C=O) groups is 1. The number of para-hydroxylation sites is 1. The third kappa shape index (κ3) is 2.06. The lowest BCUT2D eigenvalue weighted by molar-refractivity contribution is -0.0576. The molecule has 1 saturated carbocycles. The molecule has 1 aliphatic heterocycles. The van der Waals surface area contributed by atoms with E-state index in [1.807, 2.05) is 6.07 Å². The maximum absolute atomic E-state index is 14.2. The van der Waals surface area contributed by atoms with E-state index in [1.54, 1.807) is 24.3 Å². The first-order chi connectivity index (χ1) is 9.60. The Kier molecular flexibility index (Phi) is 3.75. The molecule has 1 unspecified atom stereocenters. The molecule has 2 fully saturated rings. The number of nitrogens with zero attached hydrogens (tertiary/aromatic N) is 3. The van der Waals surface area contributed by atoms with Gasteiger partial charge in [-0.2, -0.15) is 0 Å². The quantitative estimate of drug-likeness (QED) is 0.357. The average molecular weight is 336 g/mol. The van der Waals surface area contributed by atoms with E-state index in [0.29, 0.717) is 5.69 Å². The van der Waals surface area contributed by atoms with E-state index < -0.39 is 11.2 Å². The Morgan fingerprint density at radius 3 is 2.55 bits per heavy atom. The van der Waals surface area contributed by atoms with E-state index in [9.17, 15) is 9.28 Å². The molecule has 0 bridgehead atoms. The van der Waals surface area contributed by atoms with Crippen LogP contribution in [0.3, 0.4) is 0 Å². The van der Waals surface area contributed by atoms with Crippen LogP contribution in [0.1, 0.15) is 12.8 Å². The number of hydrogen-bond donors (Lipinski definition) is 0. The number of halogens is 3. The van der Waals surface area contributed by atoms with Crippen molar-refractivity contribution in [2.45, 2.75) is 18.0 Å². The van der Waals surface area contributed by atoms with Gasteiger partial charge in [0.2, 0.25) is 5.12 Å². The van der Waals surface area contributed by atoms with Crippen molar-refractivity contribution < 1.29 is 9.28 Å². The first-order valence-corrected chi connectivity index (χ1v) is 7.99. The SMILES string of the molecule is O=C1N(F)N(SCCl)C(Cl)(C2CC2)N1c1ccccc1. The Bertz CT molecular complexity index is 519. The van der Waals surface area contributed by atoms with Crippen molar-refractivity contribution in [1.82, 2.24) is 9.65 Å². The van der Waals surface area contributed by atoms with Crippen molar-refractivity contribution in [2.24, 2.45) is 5.92 Å². The second-order valence-electron chi connectivity index (χ2n) is 4.64. The number of rotatable bonds is 4. The van der Waals surface area contributed by atoms with Gasteiger partial charge in [-0.3, -0.25) is 4.90 Å². The molecular weight excluding hydrogens is 324 g/mol. The highest BCUT2D eigenvalue weighted by Gasteiger charge is 2.64. The molecule has 1 heterocycles. The first-order valence-electron chi connectivity index (χ1n) is 6.13. The van der Waals surface area contributed by atoms with Crippen LogP contribution >= 0.6 is 35.1 Å². The maximum Gasteiger partial charge on any atom is 0.371 e. The molecule has 1 aromatic carbocycles. The average Bonchev–Trinajstić information content (AvgIpc) is 3.27. The van der Waals surface area contributed by atoms with Gasteiger partial charge in [-0.25, -0.2) is 4.79 Å². The smallest absolute Gasteiger partial charge is 0.256 e. The number of anilines is 1. The Balaban J connectivity index is 2.05. The molecule has 1 aliphatic carbocycles. The van der Waals surface area contributed by atoms with Crippen LogP contribution in [-0.4, -0.2) is 26.0 Å². The summed E-state index contributed by atoms with van der Waals surface area (Å²) in [6, 6.07) is 8.07. The van der Waals surface area contributed by atoms with Crippen LogP contribution in [0.4, 0.5) is 15.0 Å². The summed E-state index contributed by atoms with van der Waals surface area (Å²) in [6.07, 6.45) is 1.71. The topological polar surface area (TPSA) is 26.8 Å². The Labute approximate surface area is 130 Å². The van der Waals surface area contributed by atoms with Crippen molar-refractivity contribution in [2.75, 3.05) is 10.1 Å². The summed E-state index contributed by atoms with van der Waals surface area (Å²) in [4.78, 5) is 13.5. The van der Waals surface area contributed by atoms with Gasteiger partial charge in [-0.05, 0) is 36.9 Å². The molecule has 8 heteroatoms. The third-order valence-electron chi connectivity index (χ3n) is 3.37. The fourth-order valence-corrected chi connectivity index (χ4v) is 3.90. The molecule has 2 aliphatic rings. The molecule has 3 rings (SSSR count). The molecule has 4 nitrogen and oxygen atoms in total. The van der Waals surface area contributed by atoms with Gasteiger partial charge in [0.05, 0.1) is 5.21 Å². The second kappa shape index (κ2) is 5.26. The van der Waals surface area contributed by atoms with Crippen molar-refractivity contribution in [3.63, 3.8) is 0 Å². The summed E-state index contributed by atoms with van der Waals surface area (Å²) in [7, 11) is 0. The summed E-state index contributed by atoms with van der Waals surface area (Å²) in [5.74, 6) is 0.0183. The first kappa shape index (κ1) is 14.3. The Morgan fingerprint density at radius 2 is 2.00 bits per heavy atom. The van der Waals surface area contributed by atoms with Crippen LogP contribution in [0, 0.1) is 5.92 Å². The summed E-state index contributed by atoms with van der Waals surface area (Å²) in [5.41, 5.74) is 0.569. The minimum Gasteiger partial charge on any atom is -0.256 e. The fourth-order valence-electron chi connectivity index (χ4n) is 2.35. The summed E-state index contributed by atoms with van der Waals surface area (Å²) in [6.45, 7) is 0. The highest BCUT2D eigenvalue weighted by atomic mass is 35.5. The molecule has 1 atom stereocenters. The van der Waals surface area contributed by atoms with E-state index in [2.05, 4.69) is 0 Å². The van der Waals surface area contributed by atoms with Gasteiger partial charge >= 0.3 is 6.03 Å². The predicted molar refractivity (Wildman–Crippen MR) is 78.7 cm³/mol. The second-order valence-corrected chi connectivity index (χ2v) is 6.67. The molecule has 20 heavy (non-hydrogen) atoms. The standard InChI is InChI=1S/C12H12Cl2FN3OS/c13-8-20-18-12(14,9-6-7-9)16(11(19)17(18)15)10-4-2-1-3-5-10/h1-5,9H,6-8H2. The van der Waals surface area contributed by atoms with Gasteiger partial charge in [-0.1, -0.05) is 43.9 Å². The number of urea groups is 1. The summed E-state index contributed by atoms with van der Waals surface area (Å²) >= 11 is 13.3. The Morgan fingerprint density at radius 1 is 1.35 bits per heavy atom. The molecule has 0 spiro atoms. The fraction of sp³-hybridized carbons (Fsp3) is 0.417. The summed E-state index contributed by atoms with van der Waals surface area (Å²) in [5, 5.41) is -1.09. The van der Waals surface area contributed by atoms with Crippen molar-refractivity contribution in [3.8, 4) is 0 Å². The normalized spacial score (nSPS) is 27.4. The minimum atomic E-state index is -1.24. The van der Waals surface area contributed by atoms with Crippen molar-refractivity contribution in [3.05, 3.63) is 30.3 Å². The van der Waals surface area contributed by atoms with Crippen LogP contribution in [0.2, 0.25) is 0 Å². The van der Waals surface area contributed by atoms with Crippen LogP contribution in [0.15, 0.2) is 30.3 Å². The third-order valence-corrected chi connectivity index (χ3v) is 5.17. The van der Waals surface area contributed by atoms with Gasteiger partial charge in [0.15, 0.2) is 0 Å². The lowest BCUT2D eigenvalue weighted by atomic mass is 10.2. The van der Waals surface area contributed by atoms with E-state index in [-0.39, 0.29) is 16.4 Å². The zero-order chi connectivity index (χ0) is 14.3. The highest BCUT2D eigenvalue weighted by Crippen LogP contribution is 2.55. The molecule has 0 aromatic heterocycles. The van der Waals surface area contributed by atoms with Crippen LogP contribution in [-0.2, 0) is 0 Å². The lowest BCUT2D eigenvalue weighted by Gasteiger charge is -2.35. The minimum absolute atomic E-state index is 0.0183. The van der Waals surface area contributed by atoms with Crippen LogP contribution in [0.5, 0.6) is 0 Å². The van der Waals surface area contributed by atoms with E-state index in [1.165, 1.54) is 4.90 Å². The van der Waals surface area contributed by atoms with E-state index >= 15 is 0 Å². The van der Waals surface area contributed by atoms with Gasteiger partial charge in [-0.15, -0.1) is 11.6 Å². The predicted octanol–water partition coefficient (Wildman–Crippen LogP) is 4.18. The van der Waals surface area contributed by atoms with Crippen molar-refractivity contribution >= 4 is 46.9 Å². The van der Waals surface area contributed by atoms with E-state index in [4.69, 9.17) is 23.2 Å². The monoisotopic (exact) mass is 335 g/mol. The van der Waals surface area contributed by atoms with Crippen LogP contribution < -0.4 is 4.90 Å². The van der Waals surface area contributed by atoms with Gasteiger partial charge in [0.1, 0.15) is 0 Å². The molecule has 108 valence electrons. The largest absolute Gasteiger partial charge is 0.371 e. The number of hydrazine groups is 1. The van der Waals surface area contributed by atoms with Gasteiger partial charge < -0.3 is 0 Å². The molecule has 1 saturated heterocycles. The van der Waals surface area contributed by atoms with Gasteiger partial charge in [0, 0.05) is 11.6 Å². The van der Waals surface area contributed by atoms with E-state index in [0.717, 1.165) is 29.2 Å². The molecular formula is C12H12Cl2FN3OS. The lowest BCUT2D eigenvalue weighted by Crippen LogP contribution is -2.49. The number of carbonyl (C=O) groups excluding carboxylic acids is 1. The molecule has 0 N–H and O–H groups in total. The maximum atomic E-state index is 14.2. The number of hydrogen-bond acceptors (Lipinski definition) is 3. The number of alkyl halides is 2. The number of amides is 2. The number of benzene rings is 1. The van der Waals surface area contributed by atoms with Crippen molar-refractivity contribution in [1.29, 1.82) is 0 Å². The summed E-state index contributed by atoms with van der Waals surface area (Å²) < 4.78 is 15.3. The molecule has 0 radical (unpaired) electrons. The van der Waals surface area contributed by atoms with Gasteiger partial charge in [0.25, 0.3) is 0 Å². The highest BCUT2D eigenvalue weighted by molar-refractivity contribution is 7.98. The van der Waals surface area contributed by atoms with Crippen LogP contribution in [0.25, 0.3) is 0 Å². The zero-order valence-corrected chi connectivity index (χ0v) is 12.7. The Hall–Kier alpha value is -0.690. The molecule has 2 amide bonds.